The standard InChI is InChI=1S/C16H21N2O8P/c1-5-22-15(19)12-10-9-11(27(21,24-7-3)25-8-4)26-14(10)18-13(17-12)16(20)23-6-2/h9H,5-8H2,1-4H3. The van der Waals surface area contributed by atoms with E-state index in [1.807, 2.05) is 0 Å². The second-order valence-corrected chi connectivity index (χ2v) is 6.93. The van der Waals surface area contributed by atoms with Gasteiger partial charge >= 0.3 is 19.5 Å². The van der Waals surface area contributed by atoms with E-state index >= 15 is 0 Å². The molecular formula is C16H21N2O8P. The van der Waals surface area contributed by atoms with E-state index < -0.39 is 19.5 Å². The number of hydrogen-bond donors (Lipinski definition) is 0. The number of fused-ring (bicyclic) bond motifs is 1. The van der Waals surface area contributed by atoms with Gasteiger partial charge in [0.2, 0.25) is 17.0 Å². The number of carbonyl (C=O) groups is 2. The van der Waals surface area contributed by atoms with E-state index in [9.17, 15) is 14.2 Å². The lowest BCUT2D eigenvalue weighted by molar-refractivity contribution is 0.0507. The van der Waals surface area contributed by atoms with Crippen molar-refractivity contribution in [2.75, 3.05) is 26.4 Å². The molecule has 0 bridgehead atoms. The SMILES string of the molecule is CCOC(=O)c1nc(C(=O)OCC)c2cc(P(=O)(OCC)OCC)oc2n1. The quantitative estimate of drug-likeness (QED) is 0.457. The van der Waals surface area contributed by atoms with E-state index in [0.29, 0.717) is 0 Å². The molecule has 0 N–H and O–H groups in total. The van der Waals surface area contributed by atoms with Gasteiger partial charge in [-0.25, -0.2) is 14.6 Å². The Hall–Kier alpha value is -2.29. The third-order valence-corrected chi connectivity index (χ3v) is 5.13. The van der Waals surface area contributed by atoms with Crippen LogP contribution in [0.1, 0.15) is 48.8 Å². The molecule has 0 aliphatic heterocycles. The van der Waals surface area contributed by atoms with Crippen LogP contribution in [0.4, 0.5) is 0 Å². The third kappa shape index (κ3) is 4.52. The van der Waals surface area contributed by atoms with Crippen LogP contribution in [0, 0.1) is 0 Å². The van der Waals surface area contributed by atoms with Crippen LogP contribution in [0.25, 0.3) is 11.1 Å². The van der Waals surface area contributed by atoms with Crippen molar-refractivity contribution in [1.82, 2.24) is 9.97 Å². The molecule has 0 amide bonds. The molecule has 11 heteroatoms. The van der Waals surface area contributed by atoms with E-state index in [2.05, 4.69) is 9.97 Å². The van der Waals surface area contributed by atoms with Gasteiger partial charge in [-0.2, -0.15) is 4.98 Å². The van der Waals surface area contributed by atoms with Gasteiger partial charge in [-0.1, -0.05) is 0 Å². The van der Waals surface area contributed by atoms with Crippen LogP contribution in [0.3, 0.4) is 0 Å². The van der Waals surface area contributed by atoms with Gasteiger partial charge in [0.05, 0.1) is 31.8 Å². The number of rotatable bonds is 9. The maximum atomic E-state index is 12.9. The first-order valence-corrected chi connectivity index (χ1v) is 9.99. The average Bonchev–Trinajstić information content (AvgIpc) is 3.06. The Kier molecular flexibility index (Phi) is 7.06. The molecule has 0 saturated carbocycles. The van der Waals surface area contributed by atoms with Crippen molar-refractivity contribution >= 4 is 36.1 Å². The maximum Gasteiger partial charge on any atom is 0.396 e. The molecule has 0 saturated heterocycles. The molecule has 2 heterocycles. The van der Waals surface area contributed by atoms with Gasteiger partial charge in [0, 0.05) is 6.07 Å². The number of nitrogens with zero attached hydrogens (tertiary/aromatic N) is 2. The molecular weight excluding hydrogens is 379 g/mol. The molecule has 2 aromatic rings. The second kappa shape index (κ2) is 9.07. The summed E-state index contributed by atoms with van der Waals surface area (Å²) in [5, 5.41) is 0.121. The first-order chi connectivity index (χ1) is 12.9. The summed E-state index contributed by atoms with van der Waals surface area (Å²) in [6.07, 6.45) is 0. The summed E-state index contributed by atoms with van der Waals surface area (Å²) in [6, 6.07) is 1.29. The summed E-state index contributed by atoms with van der Waals surface area (Å²) in [7, 11) is -3.76. The van der Waals surface area contributed by atoms with Crippen molar-refractivity contribution in [3.63, 3.8) is 0 Å². The molecule has 0 spiro atoms. The molecule has 10 nitrogen and oxygen atoms in total. The lowest BCUT2D eigenvalue weighted by Gasteiger charge is -2.13. The number of furan rings is 1. The number of esters is 2. The van der Waals surface area contributed by atoms with Gasteiger partial charge in [-0.05, 0) is 27.7 Å². The molecule has 0 aliphatic rings. The predicted molar refractivity (Wildman–Crippen MR) is 94.2 cm³/mol. The summed E-state index contributed by atoms with van der Waals surface area (Å²) >= 11 is 0. The number of ether oxygens (including phenoxy) is 2. The van der Waals surface area contributed by atoms with Gasteiger partial charge in [0.1, 0.15) is 0 Å². The van der Waals surface area contributed by atoms with E-state index in [-0.39, 0.29) is 54.5 Å². The normalized spacial score (nSPS) is 11.6. The van der Waals surface area contributed by atoms with Crippen molar-refractivity contribution in [3.05, 3.63) is 17.6 Å². The van der Waals surface area contributed by atoms with Crippen LogP contribution in [0.15, 0.2) is 10.5 Å². The summed E-state index contributed by atoms with van der Waals surface area (Å²) in [4.78, 5) is 32.1. The highest BCUT2D eigenvalue weighted by Crippen LogP contribution is 2.47. The van der Waals surface area contributed by atoms with Crippen molar-refractivity contribution in [2.45, 2.75) is 27.7 Å². The van der Waals surface area contributed by atoms with Crippen LogP contribution in [-0.4, -0.2) is 48.3 Å². The highest BCUT2D eigenvalue weighted by atomic mass is 31.2. The molecule has 0 atom stereocenters. The Bertz CT molecular complexity index is 869. The molecule has 2 aromatic heterocycles. The van der Waals surface area contributed by atoms with Gasteiger partial charge in [0.25, 0.3) is 0 Å². The highest BCUT2D eigenvalue weighted by molar-refractivity contribution is 7.61. The van der Waals surface area contributed by atoms with Crippen molar-refractivity contribution < 1.29 is 37.1 Å². The molecule has 0 unspecified atom stereocenters. The fraction of sp³-hybridized carbons (Fsp3) is 0.500. The zero-order valence-electron chi connectivity index (χ0n) is 15.5. The number of carbonyl (C=O) groups excluding carboxylic acids is 2. The van der Waals surface area contributed by atoms with E-state index in [1.54, 1.807) is 27.7 Å². The zero-order chi connectivity index (χ0) is 20.0. The van der Waals surface area contributed by atoms with Crippen LogP contribution in [0.2, 0.25) is 0 Å². The minimum atomic E-state index is -3.76. The monoisotopic (exact) mass is 400 g/mol. The highest BCUT2D eigenvalue weighted by Gasteiger charge is 2.33. The Labute approximate surface area is 155 Å². The van der Waals surface area contributed by atoms with E-state index in [4.69, 9.17) is 22.9 Å². The smallest absolute Gasteiger partial charge is 0.396 e. The van der Waals surface area contributed by atoms with Crippen LogP contribution < -0.4 is 5.50 Å². The fourth-order valence-electron chi connectivity index (χ4n) is 2.19. The minimum Gasteiger partial charge on any atom is -0.461 e. The van der Waals surface area contributed by atoms with Crippen LogP contribution in [-0.2, 0) is 23.1 Å². The molecule has 27 heavy (non-hydrogen) atoms. The second-order valence-electron chi connectivity index (χ2n) is 4.97. The van der Waals surface area contributed by atoms with Crippen molar-refractivity contribution in [3.8, 4) is 0 Å². The molecule has 0 aromatic carbocycles. The van der Waals surface area contributed by atoms with Gasteiger partial charge < -0.3 is 22.9 Å². The first kappa shape index (κ1) is 21.0. The molecule has 0 fully saturated rings. The predicted octanol–water partition coefficient (Wildman–Crippen LogP) is 2.47. The average molecular weight is 400 g/mol. The van der Waals surface area contributed by atoms with E-state index in [1.165, 1.54) is 6.07 Å². The molecule has 0 aliphatic carbocycles. The first-order valence-electron chi connectivity index (χ1n) is 8.45. The fourth-order valence-corrected chi connectivity index (χ4v) is 3.68. The lowest BCUT2D eigenvalue weighted by atomic mass is 10.3. The van der Waals surface area contributed by atoms with Gasteiger partial charge in [0.15, 0.2) is 5.69 Å². The molecule has 0 radical (unpaired) electrons. The largest absolute Gasteiger partial charge is 0.461 e. The van der Waals surface area contributed by atoms with Crippen molar-refractivity contribution in [1.29, 1.82) is 0 Å². The summed E-state index contributed by atoms with van der Waals surface area (Å²) in [5.41, 5.74) is -0.493. The van der Waals surface area contributed by atoms with E-state index in [0.717, 1.165) is 0 Å². The zero-order valence-corrected chi connectivity index (χ0v) is 16.4. The Morgan fingerprint density at radius 1 is 0.963 bits per heavy atom. The number of aromatic nitrogens is 2. The topological polar surface area (TPSA) is 127 Å². The molecule has 2 rings (SSSR count). The number of hydrogen-bond acceptors (Lipinski definition) is 10. The summed E-state index contributed by atoms with van der Waals surface area (Å²) < 4.78 is 38.7. The lowest BCUT2D eigenvalue weighted by Crippen LogP contribution is -2.15. The Morgan fingerprint density at radius 3 is 2.11 bits per heavy atom. The Balaban J connectivity index is 2.66. The van der Waals surface area contributed by atoms with Crippen LogP contribution in [0.5, 0.6) is 0 Å². The maximum absolute atomic E-state index is 12.9. The third-order valence-electron chi connectivity index (χ3n) is 3.17. The summed E-state index contributed by atoms with van der Waals surface area (Å²) in [6.45, 7) is 6.96. The Morgan fingerprint density at radius 2 is 1.56 bits per heavy atom. The van der Waals surface area contributed by atoms with Gasteiger partial charge in [-0.15, -0.1) is 0 Å². The van der Waals surface area contributed by atoms with Crippen molar-refractivity contribution in [2.24, 2.45) is 0 Å². The minimum absolute atomic E-state index is 0.0974. The van der Waals surface area contributed by atoms with Gasteiger partial charge in [-0.3, -0.25) is 4.57 Å². The summed E-state index contributed by atoms with van der Waals surface area (Å²) in [5.74, 6) is -2.00. The van der Waals surface area contributed by atoms with Crippen LogP contribution >= 0.6 is 7.60 Å². The molecule has 148 valence electrons.